The molecular weight excluding hydrogens is 513 g/mol. The zero-order chi connectivity index (χ0) is 24.4. The van der Waals surface area contributed by atoms with E-state index in [9.17, 15) is 4.79 Å². The molecule has 4 rings (SSSR count). The van der Waals surface area contributed by atoms with Crippen LogP contribution in [0.4, 0.5) is 5.69 Å². The van der Waals surface area contributed by atoms with E-state index in [4.69, 9.17) is 51.4 Å². The highest BCUT2D eigenvalue weighted by molar-refractivity contribution is 7.80. The van der Waals surface area contributed by atoms with Gasteiger partial charge in [0, 0.05) is 10.6 Å². The van der Waals surface area contributed by atoms with E-state index in [0.29, 0.717) is 38.7 Å². The first-order chi connectivity index (χ1) is 16.2. The number of rotatable bonds is 5. The predicted molar refractivity (Wildman–Crippen MR) is 143 cm³/mol. The van der Waals surface area contributed by atoms with Crippen LogP contribution < -0.4 is 10.6 Å². The van der Waals surface area contributed by atoms with Crippen LogP contribution in [-0.4, -0.2) is 16.0 Å². The van der Waals surface area contributed by atoms with Gasteiger partial charge in [0.15, 0.2) is 10.7 Å². The van der Waals surface area contributed by atoms with Crippen molar-refractivity contribution < 1.29 is 9.21 Å². The van der Waals surface area contributed by atoms with Crippen molar-refractivity contribution in [3.63, 3.8) is 0 Å². The average Bonchev–Trinajstić information content (AvgIpc) is 3.23. The lowest BCUT2D eigenvalue weighted by Gasteiger charge is -2.12. The fraction of sp³-hybridized carbons (Fsp3) is 0.160. The van der Waals surface area contributed by atoms with Gasteiger partial charge in [0.05, 0.1) is 21.3 Å². The fourth-order valence-corrected chi connectivity index (χ4v) is 4.22. The number of amides is 1. The van der Waals surface area contributed by atoms with Crippen LogP contribution >= 0.6 is 47.0 Å². The number of thiocarbonyl (C=S) groups is 1. The van der Waals surface area contributed by atoms with Gasteiger partial charge in [-0.05, 0) is 78.7 Å². The molecule has 0 aliphatic carbocycles. The molecule has 0 unspecified atom stereocenters. The third-order valence-electron chi connectivity index (χ3n) is 5.46. The van der Waals surface area contributed by atoms with Crippen LogP contribution in [0.2, 0.25) is 15.1 Å². The average molecular weight is 533 g/mol. The standard InChI is InChI=1S/C25H20Cl3N3O2S/c1-3-13(2)14-5-9-22-21(10-14)29-24(33-22)15-4-8-18(27)20(11-15)30-25(34)31-23(32)17-7-6-16(26)12-19(17)28/h4-13H,3H2,1-2H3,(H2,30,31,32,34)/t13-/m0/s1. The van der Waals surface area contributed by atoms with Gasteiger partial charge in [-0.25, -0.2) is 4.98 Å². The van der Waals surface area contributed by atoms with Crippen molar-refractivity contribution in [1.82, 2.24) is 10.3 Å². The van der Waals surface area contributed by atoms with Crippen molar-refractivity contribution >= 4 is 74.8 Å². The highest BCUT2D eigenvalue weighted by Gasteiger charge is 2.15. The van der Waals surface area contributed by atoms with Crippen molar-refractivity contribution in [1.29, 1.82) is 0 Å². The monoisotopic (exact) mass is 531 g/mol. The minimum absolute atomic E-state index is 0.0610. The summed E-state index contributed by atoms with van der Waals surface area (Å²) >= 11 is 23.6. The van der Waals surface area contributed by atoms with Crippen molar-refractivity contribution in [3.8, 4) is 11.5 Å². The number of benzene rings is 3. The summed E-state index contributed by atoms with van der Waals surface area (Å²) in [6.07, 6.45) is 1.04. The van der Waals surface area contributed by atoms with Gasteiger partial charge in [-0.3, -0.25) is 10.1 Å². The minimum Gasteiger partial charge on any atom is -0.436 e. The molecule has 174 valence electrons. The molecule has 3 aromatic carbocycles. The molecular formula is C25H20Cl3N3O2S. The van der Waals surface area contributed by atoms with E-state index >= 15 is 0 Å². The number of fused-ring (bicyclic) bond motifs is 1. The smallest absolute Gasteiger partial charge is 0.258 e. The van der Waals surface area contributed by atoms with Gasteiger partial charge in [-0.2, -0.15) is 0 Å². The Balaban J connectivity index is 1.54. The summed E-state index contributed by atoms with van der Waals surface area (Å²) in [4.78, 5) is 17.2. The number of anilines is 1. The molecule has 1 heterocycles. The summed E-state index contributed by atoms with van der Waals surface area (Å²) in [5, 5.41) is 6.67. The molecule has 1 atom stereocenters. The van der Waals surface area contributed by atoms with E-state index in [1.165, 1.54) is 17.7 Å². The predicted octanol–water partition coefficient (Wildman–Crippen LogP) is 8.10. The third-order valence-corrected chi connectivity index (χ3v) is 6.54. The molecule has 0 aliphatic rings. The highest BCUT2D eigenvalue weighted by Crippen LogP contribution is 2.32. The Hall–Kier alpha value is -2.64. The van der Waals surface area contributed by atoms with Crippen LogP contribution in [0.1, 0.15) is 42.1 Å². The normalized spacial score (nSPS) is 11.9. The molecule has 4 aromatic rings. The topological polar surface area (TPSA) is 67.2 Å². The number of aromatic nitrogens is 1. The minimum atomic E-state index is -0.470. The Bertz CT molecular complexity index is 1400. The van der Waals surface area contributed by atoms with Gasteiger partial charge in [0.25, 0.3) is 5.91 Å². The summed E-state index contributed by atoms with van der Waals surface area (Å²) < 4.78 is 5.96. The Kier molecular flexibility index (Phi) is 7.43. The zero-order valence-corrected chi connectivity index (χ0v) is 21.4. The fourth-order valence-electron chi connectivity index (χ4n) is 3.36. The number of oxazole rings is 1. The Labute approximate surface area is 217 Å². The zero-order valence-electron chi connectivity index (χ0n) is 18.3. The number of nitrogens with zero attached hydrogens (tertiary/aromatic N) is 1. The molecule has 1 aromatic heterocycles. The Morgan fingerprint density at radius 3 is 2.59 bits per heavy atom. The summed E-state index contributed by atoms with van der Waals surface area (Å²) in [5.41, 5.74) is 4.17. The van der Waals surface area contributed by atoms with E-state index in [2.05, 4.69) is 41.6 Å². The van der Waals surface area contributed by atoms with E-state index in [-0.39, 0.29) is 15.7 Å². The molecule has 0 saturated carbocycles. The molecule has 0 fully saturated rings. The lowest BCUT2D eigenvalue weighted by Crippen LogP contribution is -2.34. The van der Waals surface area contributed by atoms with E-state index in [0.717, 1.165) is 11.9 Å². The summed E-state index contributed by atoms with van der Waals surface area (Å²) in [7, 11) is 0. The van der Waals surface area contributed by atoms with Crippen molar-refractivity contribution in [2.45, 2.75) is 26.2 Å². The Morgan fingerprint density at radius 2 is 1.85 bits per heavy atom. The number of nitrogens with one attached hydrogen (secondary N) is 2. The van der Waals surface area contributed by atoms with Crippen LogP contribution in [0.25, 0.3) is 22.6 Å². The van der Waals surface area contributed by atoms with Crippen LogP contribution in [0.15, 0.2) is 59.0 Å². The van der Waals surface area contributed by atoms with Crippen molar-refractivity contribution in [2.75, 3.05) is 5.32 Å². The van der Waals surface area contributed by atoms with Gasteiger partial charge in [-0.1, -0.05) is 54.7 Å². The summed E-state index contributed by atoms with van der Waals surface area (Å²) in [6.45, 7) is 4.34. The Morgan fingerprint density at radius 1 is 1.06 bits per heavy atom. The second-order valence-corrected chi connectivity index (χ2v) is 9.44. The molecule has 34 heavy (non-hydrogen) atoms. The lowest BCUT2D eigenvalue weighted by atomic mass is 9.98. The highest BCUT2D eigenvalue weighted by atomic mass is 35.5. The largest absolute Gasteiger partial charge is 0.436 e. The molecule has 0 radical (unpaired) electrons. The maximum atomic E-state index is 12.5. The molecule has 0 aliphatic heterocycles. The van der Waals surface area contributed by atoms with Crippen LogP contribution in [0, 0.1) is 0 Å². The SMILES string of the molecule is CC[C@H](C)c1ccc2oc(-c3ccc(Cl)c(NC(=S)NC(=O)c4ccc(Cl)cc4Cl)c3)nc2c1. The third kappa shape index (κ3) is 5.36. The second kappa shape index (κ2) is 10.3. The maximum absolute atomic E-state index is 12.5. The molecule has 0 bridgehead atoms. The van der Waals surface area contributed by atoms with Gasteiger partial charge in [0.2, 0.25) is 5.89 Å². The lowest BCUT2D eigenvalue weighted by molar-refractivity contribution is 0.0978. The first kappa shape index (κ1) is 24.5. The van der Waals surface area contributed by atoms with E-state index < -0.39 is 5.91 Å². The van der Waals surface area contributed by atoms with E-state index in [1.807, 2.05) is 12.1 Å². The number of hydrogen-bond acceptors (Lipinski definition) is 4. The quantitative estimate of drug-likeness (QED) is 0.254. The number of hydrogen-bond donors (Lipinski definition) is 2. The first-order valence-electron chi connectivity index (χ1n) is 10.5. The summed E-state index contributed by atoms with van der Waals surface area (Å²) in [6, 6.07) is 15.9. The number of carbonyl (C=O) groups excluding carboxylic acids is 1. The molecule has 2 N–H and O–H groups in total. The van der Waals surface area contributed by atoms with Crippen LogP contribution in [-0.2, 0) is 0 Å². The molecule has 5 nitrogen and oxygen atoms in total. The first-order valence-corrected chi connectivity index (χ1v) is 12.1. The van der Waals surface area contributed by atoms with Gasteiger partial charge in [0.1, 0.15) is 5.52 Å². The van der Waals surface area contributed by atoms with E-state index in [1.54, 1.807) is 18.2 Å². The van der Waals surface area contributed by atoms with Crippen molar-refractivity contribution in [2.24, 2.45) is 0 Å². The van der Waals surface area contributed by atoms with Crippen molar-refractivity contribution in [3.05, 3.63) is 80.8 Å². The second-order valence-electron chi connectivity index (χ2n) is 7.78. The molecule has 0 saturated heterocycles. The van der Waals surface area contributed by atoms with Gasteiger partial charge < -0.3 is 9.73 Å². The molecule has 0 spiro atoms. The number of carbonyl (C=O) groups is 1. The number of halogens is 3. The molecule has 1 amide bonds. The molecule has 9 heteroatoms. The van der Waals surface area contributed by atoms with Gasteiger partial charge >= 0.3 is 0 Å². The van der Waals surface area contributed by atoms with Gasteiger partial charge in [-0.15, -0.1) is 0 Å². The van der Waals surface area contributed by atoms with Crippen LogP contribution in [0.5, 0.6) is 0 Å². The maximum Gasteiger partial charge on any atom is 0.258 e. The van der Waals surface area contributed by atoms with Crippen LogP contribution in [0.3, 0.4) is 0 Å². The summed E-state index contributed by atoms with van der Waals surface area (Å²) in [5.74, 6) is 0.427.